The fourth-order valence-electron chi connectivity index (χ4n) is 2.54. The number of halogens is 1. The van der Waals surface area contributed by atoms with Crippen LogP contribution in [-0.2, 0) is 27.7 Å². The highest BCUT2D eigenvalue weighted by molar-refractivity contribution is 14.0. The van der Waals surface area contributed by atoms with Gasteiger partial charge in [0.25, 0.3) is 0 Å². The molecule has 0 radical (unpaired) electrons. The summed E-state index contributed by atoms with van der Waals surface area (Å²) in [5.74, 6) is 0.676. The van der Waals surface area contributed by atoms with Gasteiger partial charge in [-0.3, -0.25) is 4.98 Å². The summed E-state index contributed by atoms with van der Waals surface area (Å²) in [5.41, 5.74) is 1.82. The molecular formula is C20H30IN5O3S. The minimum atomic E-state index is -3.57. The van der Waals surface area contributed by atoms with Crippen molar-refractivity contribution in [1.29, 1.82) is 0 Å². The largest absolute Gasteiger partial charge is 0.383 e. The molecule has 0 aliphatic carbocycles. The van der Waals surface area contributed by atoms with Crippen LogP contribution in [0.25, 0.3) is 0 Å². The molecule has 0 fully saturated rings. The van der Waals surface area contributed by atoms with Gasteiger partial charge in [0.2, 0.25) is 10.0 Å². The van der Waals surface area contributed by atoms with Crippen molar-refractivity contribution in [3.63, 3.8) is 0 Å². The van der Waals surface area contributed by atoms with Gasteiger partial charge in [-0.25, -0.2) is 18.1 Å². The Labute approximate surface area is 196 Å². The van der Waals surface area contributed by atoms with Gasteiger partial charge in [0.1, 0.15) is 0 Å². The van der Waals surface area contributed by atoms with Gasteiger partial charge < -0.3 is 15.4 Å². The molecule has 3 N–H and O–H groups in total. The molecule has 0 unspecified atom stereocenters. The maximum atomic E-state index is 12.3. The summed E-state index contributed by atoms with van der Waals surface area (Å²) in [6.07, 6.45) is 2.56. The first-order chi connectivity index (χ1) is 14.0. The number of ether oxygens (including phenoxy) is 1. The number of nitrogens with one attached hydrogen (secondary N) is 3. The van der Waals surface area contributed by atoms with Gasteiger partial charge in [-0.2, -0.15) is 0 Å². The normalized spacial score (nSPS) is 11.6. The smallest absolute Gasteiger partial charge is 0.240 e. The lowest BCUT2D eigenvalue weighted by molar-refractivity contribution is 0.204. The number of aromatic nitrogens is 1. The zero-order chi connectivity index (χ0) is 21.0. The summed E-state index contributed by atoms with van der Waals surface area (Å²) in [4.78, 5) is 9.07. The van der Waals surface area contributed by atoms with Crippen LogP contribution in [0.5, 0.6) is 0 Å². The van der Waals surface area contributed by atoms with E-state index in [9.17, 15) is 8.42 Å². The zero-order valence-electron chi connectivity index (χ0n) is 17.3. The standard InChI is InChI=1S/C20H29N5O3S.HI/c1-3-21-20(23-12-10-18-8-4-5-11-22-18)24-16-17-7-6-9-19(15-17)29(26,27)25-13-14-28-2;/h4-9,11,15,25H,3,10,12-14,16H2,1-2H3,(H2,21,23,24);1H. The number of hydrogen-bond acceptors (Lipinski definition) is 5. The third kappa shape index (κ3) is 9.37. The Hall–Kier alpha value is -1.76. The molecule has 0 aliphatic rings. The first kappa shape index (κ1) is 26.3. The molecule has 30 heavy (non-hydrogen) atoms. The van der Waals surface area contributed by atoms with E-state index >= 15 is 0 Å². The minimum Gasteiger partial charge on any atom is -0.383 e. The van der Waals surface area contributed by atoms with Crippen molar-refractivity contribution in [2.24, 2.45) is 4.99 Å². The molecule has 2 aromatic rings. The fourth-order valence-corrected chi connectivity index (χ4v) is 3.62. The van der Waals surface area contributed by atoms with Crippen LogP contribution >= 0.6 is 24.0 Å². The molecule has 0 atom stereocenters. The van der Waals surface area contributed by atoms with E-state index in [0.29, 0.717) is 25.7 Å². The number of rotatable bonds is 11. The average molecular weight is 547 g/mol. The van der Waals surface area contributed by atoms with Gasteiger partial charge in [0, 0.05) is 45.1 Å². The third-order valence-electron chi connectivity index (χ3n) is 3.97. The van der Waals surface area contributed by atoms with E-state index in [0.717, 1.165) is 24.2 Å². The van der Waals surface area contributed by atoms with E-state index in [-0.39, 0.29) is 35.4 Å². The molecule has 0 spiro atoms. The van der Waals surface area contributed by atoms with Gasteiger partial charge in [-0.15, -0.1) is 24.0 Å². The van der Waals surface area contributed by atoms with Gasteiger partial charge in [0.15, 0.2) is 5.96 Å². The number of guanidine groups is 1. The monoisotopic (exact) mass is 547 g/mol. The van der Waals surface area contributed by atoms with E-state index in [2.05, 4.69) is 25.3 Å². The van der Waals surface area contributed by atoms with Crippen LogP contribution in [0, 0.1) is 0 Å². The number of nitrogens with zero attached hydrogens (tertiary/aromatic N) is 2. The summed E-state index contributed by atoms with van der Waals surface area (Å²) >= 11 is 0. The Balaban J connectivity index is 0.00000450. The Morgan fingerprint density at radius 3 is 2.67 bits per heavy atom. The summed E-state index contributed by atoms with van der Waals surface area (Å²) in [6, 6.07) is 12.6. The van der Waals surface area contributed by atoms with Gasteiger partial charge in [-0.05, 0) is 36.8 Å². The molecule has 1 aromatic heterocycles. The molecular weight excluding hydrogens is 517 g/mol. The first-order valence-corrected chi connectivity index (χ1v) is 11.0. The maximum Gasteiger partial charge on any atom is 0.240 e. The van der Waals surface area contributed by atoms with Crippen molar-refractivity contribution in [2.45, 2.75) is 24.8 Å². The molecule has 0 aliphatic heterocycles. The molecule has 8 nitrogen and oxygen atoms in total. The van der Waals surface area contributed by atoms with E-state index in [1.54, 1.807) is 24.4 Å². The molecule has 2 rings (SSSR count). The quantitative estimate of drug-likeness (QED) is 0.172. The Morgan fingerprint density at radius 2 is 1.97 bits per heavy atom. The molecule has 1 heterocycles. The number of pyridine rings is 1. The molecule has 0 saturated carbocycles. The second-order valence-corrected chi connectivity index (χ2v) is 8.00. The predicted molar refractivity (Wildman–Crippen MR) is 130 cm³/mol. The fraction of sp³-hybridized carbons (Fsp3) is 0.400. The van der Waals surface area contributed by atoms with Crippen LogP contribution < -0.4 is 15.4 Å². The van der Waals surface area contributed by atoms with E-state index in [4.69, 9.17) is 4.74 Å². The lowest BCUT2D eigenvalue weighted by atomic mass is 10.2. The van der Waals surface area contributed by atoms with Crippen LogP contribution in [0.1, 0.15) is 18.2 Å². The molecule has 0 saturated heterocycles. The van der Waals surface area contributed by atoms with Crippen molar-refractivity contribution in [3.05, 3.63) is 59.9 Å². The highest BCUT2D eigenvalue weighted by Crippen LogP contribution is 2.12. The second kappa shape index (κ2) is 14.3. The van der Waals surface area contributed by atoms with Gasteiger partial charge in [-0.1, -0.05) is 18.2 Å². The van der Waals surface area contributed by atoms with Crippen LogP contribution in [0.2, 0.25) is 0 Å². The van der Waals surface area contributed by atoms with E-state index in [1.165, 1.54) is 7.11 Å². The number of hydrogen-bond donors (Lipinski definition) is 3. The molecule has 0 amide bonds. The van der Waals surface area contributed by atoms with Crippen molar-refractivity contribution in [1.82, 2.24) is 20.3 Å². The molecule has 166 valence electrons. The summed E-state index contributed by atoms with van der Waals surface area (Å²) in [6.45, 7) is 4.33. The summed E-state index contributed by atoms with van der Waals surface area (Å²) in [5, 5.41) is 6.47. The molecule has 0 bridgehead atoms. The Kier molecular flexibility index (Phi) is 12.5. The third-order valence-corrected chi connectivity index (χ3v) is 5.43. The second-order valence-electron chi connectivity index (χ2n) is 6.23. The SMILES string of the molecule is CCNC(=NCc1cccc(S(=O)(=O)NCCOC)c1)NCCc1ccccn1.I. The van der Waals surface area contributed by atoms with E-state index in [1.807, 2.05) is 31.2 Å². The topological polar surface area (TPSA) is 105 Å². The van der Waals surface area contributed by atoms with Crippen LogP contribution in [0.3, 0.4) is 0 Å². The average Bonchev–Trinajstić information content (AvgIpc) is 2.73. The number of aliphatic imine (C=N–C) groups is 1. The van der Waals surface area contributed by atoms with Gasteiger partial charge in [0.05, 0.1) is 18.0 Å². The zero-order valence-corrected chi connectivity index (χ0v) is 20.4. The minimum absolute atomic E-state index is 0. The van der Waals surface area contributed by atoms with Crippen molar-refractivity contribution >= 4 is 40.0 Å². The number of benzene rings is 1. The molecule has 1 aromatic carbocycles. The highest BCUT2D eigenvalue weighted by atomic mass is 127. The highest BCUT2D eigenvalue weighted by Gasteiger charge is 2.13. The van der Waals surface area contributed by atoms with Crippen molar-refractivity contribution in [2.75, 3.05) is 33.4 Å². The maximum absolute atomic E-state index is 12.3. The van der Waals surface area contributed by atoms with Crippen LogP contribution in [0.15, 0.2) is 58.5 Å². The molecule has 10 heteroatoms. The lowest BCUT2D eigenvalue weighted by Gasteiger charge is -2.11. The first-order valence-electron chi connectivity index (χ1n) is 9.55. The van der Waals surface area contributed by atoms with Crippen molar-refractivity contribution in [3.8, 4) is 0 Å². The Morgan fingerprint density at radius 1 is 1.13 bits per heavy atom. The predicted octanol–water partition coefficient (Wildman–Crippen LogP) is 1.92. The van der Waals surface area contributed by atoms with Crippen LogP contribution in [0.4, 0.5) is 0 Å². The number of methoxy groups -OCH3 is 1. The van der Waals surface area contributed by atoms with Gasteiger partial charge >= 0.3 is 0 Å². The Bertz CT molecular complexity index is 879. The summed E-state index contributed by atoms with van der Waals surface area (Å²) in [7, 11) is -2.04. The summed E-state index contributed by atoms with van der Waals surface area (Å²) < 4.78 is 32.1. The van der Waals surface area contributed by atoms with Crippen molar-refractivity contribution < 1.29 is 13.2 Å². The number of sulfonamides is 1. The van der Waals surface area contributed by atoms with Crippen LogP contribution in [-0.4, -0.2) is 52.7 Å². The lowest BCUT2D eigenvalue weighted by Crippen LogP contribution is -2.38. The van der Waals surface area contributed by atoms with E-state index < -0.39 is 10.0 Å².